The third kappa shape index (κ3) is 2.68. The standard InChI is InChI=1S/C11H12ClNO4/c1-11(9(14)15,10(16)17)5-6-4-7(13)2-3-8(6)12/h2-4H,5,13H2,1H3,(H,14,15)(H,16,17). The van der Waals surface area contributed by atoms with E-state index in [2.05, 4.69) is 0 Å². The Morgan fingerprint density at radius 3 is 2.35 bits per heavy atom. The zero-order chi connectivity index (χ0) is 13.2. The number of halogens is 1. The van der Waals surface area contributed by atoms with Crippen LogP contribution in [0.4, 0.5) is 5.69 Å². The van der Waals surface area contributed by atoms with Gasteiger partial charge < -0.3 is 15.9 Å². The quantitative estimate of drug-likeness (QED) is 0.562. The van der Waals surface area contributed by atoms with Gasteiger partial charge in [-0.3, -0.25) is 9.59 Å². The molecule has 0 heterocycles. The number of nitrogens with two attached hydrogens (primary N) is 1. The summed E-state index contributed by atoms with van der Waals surface area (Å²) in [4.78, 5) is 22.0. The Morgan fingerprint density at radius 2 is 1.88 bits per heavy atom. The molecular weight excluding hydrogens is 246 g/mol. The normalized spacial score (nSPS) is 11.2. The van der Waals surface area contributed by atoms with Gasteiger partial charge in [0.2, 0.25) is 0 Å². The predicted octanol–water partition coefficient (Wildman–Crippen LogP) is 1.64. The second-order valence-electron chi connectivity index (χ2n) is 3.97. The van der Waals surface area contributed by atoms with Gasteiger partial charge >= 0.3 is 11.9 Å². The number of carboxylic acids is 2. The highest BCUT2D eigenvalue weighted by atomic mass is 35.5. The molecule has 0 saturated heterocycles. The van der Waals surface area contributed by atoms with E-state index in [0.29, 0.717) is 16.3 Å². The van der Waals surface area contributed by atoms with E-state index < -0.39 is 17.4 Å². The molecule has 0 spiro atoms. The molecule has 0 fully saturated rings. The maximum Gasteiger partial charge on any atom is 0.321 e. The summed E-state index contributed by atoms with van der Waals surface area (Å²) in [7, 11) is 0. The first kappa shape index (κ1) is 13.3. The van der Waals surface area contributed by atoms with Crippen LogP contribution in [0.5, 0.6) is 0 Å². The van der Waals surface area contributed by atoms with Crippen LogP contribution in [0.1, 0.15) is 12.5 Å². The van der Waals surface area contributed by atoms with Crippen LogP contribution in [-0.2, 0) is 16.0 Å². The predicted molar refractivity (Wildman–Crippen MR) is 62.9 cm³/mol. The molecule has 6 heteroatoms. The fourth-order valence-corrected chi connectivity index (χ4v) is 1.54. The lowest BCUT2D eigenvalue weighted by molar-refractivity contribution is -0.163. The van der Waals surface area contributed by atoms with E-state index in [4.69, 9.17) is 27.5 Å². The van der Waals surface area contributed by atoms with E-state index in [0.717, 1.165) is 6.92 Å². The molecule has 1 aromatic carbocycles. The van der Waals surface area contributed by atoms with Gasteiger partial charge in [0.05, 0.1) is 0 Å². The van der Waals surface area contributed by atoms with Crippen LogP contribution in [0.15, 0.2) is 18.2 Å². The average Bonchev–Trinajstić information content (AvgIpc) is 2.22. The highest BCUT2D eigenvalue weighted by Gasteiger charge is 2.42. The maximum absolute atomic E-state index is 11.0. The molecular formula is C11H12ClNO4. The fraction of sp³-hybridized carbons (Fsp3) is 0.273. The van der Waals surface area contributed by atoms with Crippen LogP contribution in [0.2, 0.25) is 5.02 Å². The van der Waals surface area contributed by atoms with Gasteiger partial charge in [-0.1, -0.05) is 11.6 Å². The molecule has 0 aliphatic rings. The number of hydrogen-bond donors (Lipinski definition) is 3. The van der Waals surface area contributed by atoms with Crippen LogP contribution < -0.4 is 5.73 Å². The zero-order valence-electron chi connectivity index (χ0n) is 9.11. The molecule has 17 heavy (non-hydrogen) atoms. The molecule has 0 aliphatic carbocycles. The second-order valence-corrected chi connectivity index (χ2v) is 4.38. The molecule has 1 aromatic rings. The smallest absolute Gasteiger partial charge is 0.321 e. The lowest BCUT2D eigenvalue weighted by Crippen LogP contribution is -2.38. The molecule has 1 rings (SSSR count). The Bertz CT molecular complexity index is 459. The third-order valence-corrected chi connectivity index (χ3v) is 2.93. The summed E-state index contributed by atoms with van der Waals surface area (Å²) in [6, 6.07) is 4.55. The van der Waals surface area contributed by atoms with Crippen molar-refractivity contribution in [1.82, 2.24) is 0 Å². The number of rotatable bonds is 4. The van der Waals surface area contributed by atoms with Gasteiger partial charge in [0.15, 0.2) is 5.41 Å². The molecule has 0 saturated carbocycles. The molecule has 0 aromatic heterocycles. The third-order valence-electron chi connectivity index (χ3n) is 2.56. The summed E-state index contributed by atoms with van der Waals surface area (Å²) in [5, 5.41) is 18.2. The van der Waals surface area contributed by atoms with Crippen LogP contribution in [0.3, 0.4) is 0 Å². The lowest BCUT2D eigenvalue weighted by Gasteiger charge is -2.20. The Balaban J connectivity index is 3.15. The van der Waals surface area contributed by atoms with Gasteiger partial charge in [-0.25, -0.2) is 0 Å². The van der Waals surface area contributed by atoms with E-state index in [1.54, 1.807) is 6.07 Å². The molecule has 4 N–H and O–H groups in total. The Morgan fingerprint density at radius 1 is 1.35 bits per heavy atom. The van der Waals surface area contributed by atoms with Gasteiger partial charge in [0, 0.05) is 17.1 Å². The summed E-state index contributed by atoms with van der Waals surface area (Å²) >= 11 is 5.87. The van der Waals surface area contributed by atoms with Crippen LogP contribution in [0, 0.1) is 5.41 Å². The monoisotopic (exact) mass is 257 g/mol. The van der Waals surface area contributed by atoms with Gasteiger partial charge in [0.25, 0.3) is 0 Å². The number of hydrogen-bond acceptors (Lipinski definition) is 3. The van der Waals surface area contributed by atoms with Crippen molar-refractivity contribution in [3.05, 3.63) is 28.8 Å². The molecule has 0 atom stereocenters. The second kappa shape index (κ2) is 4.63. The summed E-state index contributed by atoms with van der Waals surface area (Å²) < 4.78 is 0. The van der Waals surface area contributed by atoms with E-state index in [9.17, 15) is 9.59 Å². The Kier molecular flexibility index (Phi) is 3.63. The zero-order valence-corrected chi connectivity index (χ0v) is 9.86. The van der Waals surface area contributed by atoms with Crippen molar-refractivity contribution in [2.45, 2.75) is 13.3 Å². The van der Waals surface area contributed by atoms with Gasteiger partial charge in [-0.05, 0) is 30.7 Å². The number of benzene rings is 1. The minimum atomic E-state index is -1.92. The highest BCUT2D eigenvalue weighted by Crippen LogP contribution is 2.29. The highest BCUT2D eigenvalue weighted by molar-refractivity contribution is 6.31. The van der Waals surface area contributed by atoms with Crippen molar-refractivity contribution in [1.29, 1.82) is 0 Å². The average molecular weight is 258 g/mol. The minimum absolute atomic E-state index is 0.221. The van der Waals surface area contributed by atoms with E-state index in [1.807, 2.05) is 0 Å². The van der Waals surface area contributed by atoms with E-state index in [1.165, 1.54) is 12.1 Å². The van der Waals surface area contributed by atoms with Crippen LogP contribution in [0.25, 0.3) is 0 Å². The van der Waals surface area contributed by atoms with Crippen LogP contribution in [-0.4, -0.2) is 22.2 Å². The number of nitrogen functional groups attached to an aromatic ring is 1. The summed E-state index contributed by atoms with van der Waals surface area (Å²) in [6.45, 7) is 1.14. The minimum Gasteiger partial charge on any atom is -0.480 e. The Hall–Kier alpha value is -1.75. The van der Waals surface area contributed by atoms with Crippen molar-refractivity contribution in [3.8, 4) is 0 Å². The van der Waals surface area contributed by atoms with E-state index in [-0.39, 0.29) is 6.42 Å². The molecule has 0 amide bonds. The van der Waals surface area contributed by atoms with Crippen molar-refractivity contribution in [3.63, 3.8) is 0 Å². The molecule has 5 nitrogen and oxygen atoms in total. The Labute approximate surface area is 103 Å². The van der Waals surface area contributed by atoms with Gasteiger partial charge in [-0.15, -0.1) is 0 Å². The largest absolute Gasteiger partial charge is 0.480 e. The molecule has 92 valence electrons. The molecule has 0 bridgehead atoms. The number of aliphatic carboxylic acids is 2. The van der Waals surface area contributed by atoms with Crippen molar-refractivity contribution in [2.24, 2.45) is 5.41 Å². The van der Waals surface area contributed by atoms with E-state index >= 15 is 0 Å². The summed E-state index contributed by atoms with van der Waals surface area (Å²) in [5.41, 5.74) is 4.43. The van der Waals surface area contributed by atoms with Crippen molar-refractivity contribution < 1.29 is 19.8 Å². The summed E-state index contributed by atoms with van der Waals surface area (Å²) in [5.74, 6) is -2.83. The van der Waals surface area contributed by atoms with Crippen molar-refractivity contribution >= 4 is 29.2 Å². The molecule has 0 unspecified atom stereocenters. The van der Waals surface area contributed by atoms with Gasteiger partial charge in [-0.2, -0.15) is 0 Å². The van der Waals surface area contributed by atoms with Gasteiger partial charge in [0.1, 0.15) is 0 Å². The number of carbonyl (C=O) groups is 2. The maximum atomic E-state index is 11.0. The first-order valence-electron chi connectivity index (χ1n) is 4.78. The topological polar surface area (TPSA) is 101 Å². The fourth-order valence-electron chi connectivity index (χ4n) is 1.35. The molecule has 0 radical (unpaired) electrons. The first-order valence-corrected chi connectivity index (χ1v) is 5.16. The number of anilines is 1. The van der Waals surface area contributed by atoms with Crippen LogP contribution >= 0.6 is 11.6 Å². The summed E-state index contributed by atoms with van der Waals surface area (Å²) in [6.07, 6.45) is -0.221. The lowest BCUT2D eigenvalue weighted by atomic mass is 9.83. The first-order chi connectivity index (χ1) is 7.77. The SMILES string of the molecule is CC(Cc1cc(N)ccc1Cl)(C(=O)O)C(=O)O. The van der Waals surface area contributed by atoms with Crippen molar-refractivity contribution in [2.75, 3.05) is 5.73 Å². The molecule has 0 aliphatic heterocycles. The number of carboxylic acid groups (broad SMARTS) is 2.